The lowest BCUT2D eigenvalue weighted by Crippen LogP contribution is -2.39. The monoisotopic (exact) mass is 414 g/mol. The number of carbonyl (C=O) groups excluding carboxylic acids is 3. The summed E-state index contributed by atoms with van der Waals surface area (Å²) in [5.41, 5.74) is 0.654. The molecule has 3 heterocycles. The number of rotatable bonds is 5. The minimum atomic E-state index is -0.530. The number of aromatic nitrogens is 1. The molecule has 2 aliphatic heterocycles. The van der Waals surface area contributed by atoms with Gasteiger partial charge in [0.05, 0.1) is 12.5 Å². The van der Waals surface area contributed by atoms with Gasteiger partial charge in [-0.25, -0.2) is 0 Å². The van der Waals surface area contributed by atoms with Crippen molar-refractivity contribution in [3.8, 4) is 11.5 Å². The second-order valence-corrected chi connectivity index (χ2v) is 7.30. The van der Waals surface area contributed by atoms with Crippen LogP contribution in [0.4, 0.5) is 11.5 Å². The van der Waals surface area contributed by atoms with E-state index in [9.17, 15) is 14.4 Å². The van der Waals surface area contributed by atoms with Gasteiger partial charge >= 0.3 is 0 Å². The average molecular weight is 414 g/mol. The van der Waals surface area contributed by atoms with Gasteiger partial charge in [0.2, 0.25) is 17.7 Å². The van der Waals surface area contributed by atoms with E-state index < -0.39 is 11.8 Å². The molecule has 1 aromatic carbocycles. The maximum absolute atomic E-state index is 12.8. The van der Waals surface area contributed by atoms with E-state index >= 15 is 0 Å². The van der Waals surface area contributed by atoms with E-state index in [4.69, 9.17) is 14.0 Å². The Kier molecular flexibility index (Phi) is 5.30. The first-order valence-electron chi connectivity index (χ1n) is 9.59. The second kappa shape index (κ2) is 8.05. The van der Waals surface area contributed by atoms with Crippen molar-refractivity contribution in [1.82, 2.24) is 10.1 Å². The highest BCUT2D eigenvalue weighted by atomic mass is 16.6. The fraction of sp³-hybridized carbons (Fsp3) is 0.400. The molecule has 30 heavy (non-hydrogen) atoms. The third-order valence-electron chi connectivity index (χ3n) is 4.96. The third-order valence-corrected chi connectivity index (χ3v) is 4.96. The van der Waals surface area contributed by atoms with Crippen molar-refractivity contribution in [2.45, 2.75) is 13.3 Å². The molecule has 0 saturated carbocycles. The summed E-state index contributed by atoms with van der Waals surface area (Å²) in [6.45, 7) is 2.74. The van der Waals surface area contributed by atoms with E-state index in [1.165, 1.54) is 11.9 Å². The molecule has 0 aliphatic carbocycles. The molecule has 1 aromatic heterocycles. The number of anilines is 2. The van der Waals surface area contributed by atoms with Gasteiger partial charge in [0.1, 0.15) is 19.0 Å². The molecule has 10 heteroatoms. The van der Waals surface area contributed by atoms with Gasteiger partial charge in [0.25, 0.3) is 0 Å². The molecule has 4 rings (SSSR count). The molecule has 1 unspecified atom stereocenters. The van der Waals surface area contributed by atoms with Crippen molar-refractivity contribution >= 4 is 29.2 Å². The molecule has 1 fully saturated rings. The molecule has 2 aromatic rings. The maximum atomic E-state index is 12.8. The molecule has 1 atom stereocenters. The van der Waals surface area contributed by atoms with Crippen molar-refractivity contribution < 1.29 is 28.4 Å². The van der Waals surface area contributed by atoms with Gasteiger partial charge in [-0.2, -0.15) is 0 Å². The van der Waals surface area contributed by atoms with E-state index in [-0.39, 0.29) is 31.3 Å². The first-order valence-corrected chi connectivity index (χ1v) is 9.59. The van der Waals surface area contributed by atoms with Crippen molar-refractivity contribution in [1.29, 1.82) is 0 Å². The number of hydrogen-bond acceptors (Lipinski definition) is 7. The lowest BCUT2D eigenvalue weighted by molar-refractivity contribution is -0.137. The fourth-order valence-electron chi connectivity index (χ4n) is 3.54. The summed E-state index contributed by atoms with van der Waals surface area (Å²) in [5, 5.41) is 6.26. The highest BCUT2D eigenvalue weighted by molar-refractivity contribution is 6.01. The summed E-state index contributed by atoms with van der Waals surface area (Å²) in [6.07, 6.45) is 0.0850. The van der Waals surface area contributed by atoms with Gasteiger partial charge in [0.15, 0.2) is 17.3 Å². The number of likely N-dealkylation sites (N-methyl/N-ethyl adjacent to an activating group) is 1. The quantitative estimate of drug-likeness (QED) is 0.782. The lowest BCUT2D eigenvalue weighted by atomic mass is 10.1. The molecular formula is C20H22N4O6. The van der Waals surface area contributed by atoms with Crippen LogP contribution in [0, 0.1) is 12.8 Å². The van der Waals surface area contributed by atoms with E-state index in [1.807, 2.05) is 0 Å². The zero-order chi connectivity index (χ0) is 21.3. The molecule has 158 valence electrons. The van der Waals surface area contributed by atoms with Crippen LogP contribution in [0.2, 0.25) is 0 Å². The van der Waals surface area contributed by atoms with Gasteiger partial charge in [-0.3, -0.25) is 14.4 Å². The number of nitrogens with zero attached hydrogens (tertiary/aromatic N) is 3. The van der Waals surface area contributed by atoms with Crippen molar-refractivity contribution in [2.75, 3.05) is 43.6 Å². The maximum Gasteiger partial charge on any atom is 0.245 e. The molecule has 1 N–H and O–H groups in total. The molecule has 10 nitrogen and oxygen atoms in total. The van der Waals surface area contributed by atoms with Crippen LogP contribution in [-0.4, -0.2) is 61.1 Å². The normalized spacial score (nSPS) is 17.7. The zero-order valence-electron chi connectivity index (χ0n) is 16.7. The predicted octanol–water partition coefficient (Wildman–Crippen LogP) is 1.20. The van der Waals surface area contributed by atoms with Gasteiger partial charge in [-0.15, -0.1) is 0 Å². The Hall–Kier alpha value is -3.56. The minimum Gasteiger partial charge on any atom is -0.486 e. The van der Waals surface area contributed by atoms with Gasteiger partial charge < -0.3 is 29.1 Å². The van der Waals surface area contributed by atoms with Crippen LogP contribution in [0.5, 0.6) is 11.5 Å². The molecule has 0 radical (unpaired) electrons. The van der Waals surface area contributed by atoms with Gasteiger partial charge in [-0.05, 0) is 19.1 Å². The summed E-state index contributed by atoms with van der Waals surface area (Å²) >= 11 is 0. The van der Waals surface area contributed by atoms with Crippen molar-refractivity contribution in [3.05, 3.63) is 30.0 Å². The van der Waals surface area contributed by atoms with Crippen molar-refractivity contribution in [3.63, 3.8) is 0 Å². The number of nitrogens with one attached hydrogen (secondary N) is 1. The van der Waals surface area contributed by atoms with E-state index in [0.717, 1.165) is 0 Å². The first kappa shape index (κ1) is 19.7. The molecule has 0 bridgehead atoms. The Morgan fingerprint density at radius 2 is 2.00 bits per heavy atom. The van der Waals surface area contributed by atoms with Crippen molar-refractivity contribution in [2.24, 2.45) is 5.92 Å². The highest BCUT2D eigenvalue weighted by Crippen LogP contribution is 2.36. The van der Waals surface area contributed by atoms with Crippen LogP contribution < -0.4 is 19.7 Å². The smallest absolute Gasteiger partial charge is 0.245 e. The zero-order valence-corrected chi connectivity index (χ0v) is 16.7. The number of hydrogen-bond donors (Lipinski definition) is 1. The average Bonchev–Trinajstić information content (AvgIpc) is 3.32. The molecule has 2 aliphatic rings. The Labute approximate surface area is 172 Å². The SMILES string of the molecule is Cc1cc(NC(=O)CN(C)C(=O)C2CC(=O)N(c3ccc4c(c3)OCCO4)C2)no1. The number of aryl methyl sites for hydroxylation is 1. The standard InChI is InChI=1S/C20H22N4O6/c1-12-7-17(22-30-12)21-18(25)11-23(2)20(27)13-8-19(26)24(10-13)14-3-4-15-16(9-14)29-6-5-28-15/h3-4,7,9,13H,5-6,8,10-11H2,1-2H3,(H,21,22,25). The molecular weight excluding hydrogens is 392 g/mol. The summed E-state index contributed by atoms with van der Waals surface area (Å²) in [4.78, 5) is 40.3. The Bertz CT molecular complexity index is 987. The third kappa shape index (κ3) is 4.07. The van der Waals surface area contributed by atoms with Crippen LogP contribution in [0.3, 0.4) is 0 Å². The first-order chi connectivity index (χ1) is 14.4. The Balaban J connectivity index is 1.37. The van der Waals surface area contributed by atoms with Gasteiger partial charge in [-0.1, -0.05) is 5.16 Å². The number of amides is 3. The number of ether oxygens (including phenoxy) is 2. The number of fused-ring (bicyclic) bond motifs is 1. The molecule has 0 spiro atoms. The van der Waals surface area contributed by atoms with E-state index in [2.05, 4.69) is 10.5 Å². The Morgan fingerprint density at radius 1 is 1.23 bits per heavy atom. The van der Waals surface area contributed by atoms with Crippen LogP contribution in [0.1, 0.15) is 12.2 Å². The van der Waals surface area contributed by atoms with E-state index in [1.54, 1.807) is 36.1 Å². The summed E-state index contributed by atoms with van der Waals surface area (Å²) in [7, 11) is 1.53. The predicted molar refractivity (Wildman–Crippen MR) is 105 cm³/mol. The molecule has 3 amide bonds. The highest BCUT2D eigenvalue weighted by Gasteiger charge is 2.37. The fourth-order valence-corrected chi connectivity index (χ4v) is 3.54. The summed E-state index contributed by atoms with van der Waals surface area (Å²) in [5.74, 6) is 0.730. The van der Waals surface area contributed by atoms with Crippen LogP contribution in [-0.2, 0) is 14.4 Å². The van der Waals surface area contributed by atoms with Gasteiger partial charge in [0, 0.05) is 37.8 Å². The number of benzene rings is 1. The minimum absolute atomic E-state index is 0.0850. The lowest BCUT2D eigenvalue weighted by Gasteiger charge is -2.23. The summed E-state index contributed by atoms with van der Waals surface area (Å²) in [6, 6.07) is 6.86. The molecule has 1 saturated heterocycles. The van der Waals surface area contributed by atoms with Crippen LogP contribution in [0.15, 0.2) is 28.8 Å². The Morgan fingerprint density at radius 3 is 2.73 bits per heavy atom. The number of carbonyl (C=O) groups is 3. The van der Waals surface area contributed by atoms with Crippen LogP contribution >= 0.6 is 0 Å². The van der Waals surface area contributed by atoms with Crippen LogP contribution in [0.25, 0.3) is 0 Å². The van der Waals surface area contributed by atoms with E-state index in [0.29, 0.717) is 42.0 Å². The second-order valence-electron chi connectivity index (χ2n) is 7.30. The largest absolute Gasteiger partial charge is 0.486 e. The topological polar surface area (TPSA) is 114 Å². The summed E-state index contributed by atoms with van der Waals surface area (Å²) < 4.78 is 16.0.